The summed E-state index contributed by atoms with van der Waals surface area (Å²) >= 11 is 0. The van der Waals surface area contributed by atoms with Gasteiger partial charge in [0.2, 0.25) is 0 Å². The van der Waals surface area contributed by atoms with Gasteiger partial charge in [-0.25, -0.2) is 0 Å². The van der Waals surface area contributed by atoms with Crippen molar-refractivity contribution in [3.05, 3.63) is 12.2 Å². The van der Waals surface area contributed by atoms with Crippen molar-refractivity contribution < 1.29 is 5.21 Å². The van der Waals surface area contributed by atoms with Crippen LogP contribution >= 0.6 is 0 Å². The summed E-state index contributed by atoms with van der Waals surface area (Å²) in [5, 5.41) is 11.2. The van der Waals surface area contributed by atoms with E-state index >= 15 is 0 Å². The maximum absolute atomic E-state index is 8.19. The SMILES string of the molecule is CC=CC(CC)=NO. The number of nitrogens with zero attached hydrogens (tertiary/aromatic N) is 1. The minimum atomic E-state index is 0.715. The minimum absolute atomic E-state index is 0.715. The van der Waals surface area contributed by atoms with Crippen LogP contribution in [0.5, 0.6) is 0 Å². The van der Waals surface area contributed by atoms with Gasteiger partial charge in [0.25, 0.3) is 0 Å². The zero-order chi connectivity index (χ0) is 6.41. The van der Waals surface area contributed by atoms with Gasteiger partial charge in [0, 0.05) is 0 Å². The Bertz CT molecular complexity index is 102. The third-order valence-corrected chi connectivity index (χ3v) is 0.850. The first-order chi connectivity index (χ1) is 3.85. The molecule has 0 aromatic rings. The standard InChI is InChI=1S/C6H11NO/c1-3-5-6(4-2)7-8/h3,5,8H,4H2,1-2H3. The van der Waals surface area contributed by atoms with Gasteiger partial charge in [-0.05, 0) is 19.4 Å². The third kappa shape index (κ3) is 2.39. The summed E-state index contributed by atoms with van der Waals surface area (Å²) in [6, 6.07) is 0. The van der Waals surface area contributed by atoms with Gasteiger partial charge in [-0.15, -0.1) is 0 Å². The molecule has 0 aliphatic rings. The van der Waals surface area contributed by atoms with Crippen LogP contribution in [0.4, 0.5) is 0 Å². The molecule has 0 amide bonds. The number of hydrogen-bond acceptors (Lipinski definition) is 2. The highest BCUT2D eigenvalue weighted by molar-refractivity contribution is 5.94. The molecule has 0 saturated carbocycles. The molecular formula is C6H11NO. The molecule has 0 saturated heterocycles. The number of hydrogen-bond donors (Lipinski definition) is 1. The molecule has 0 radical (unpaired) electrons. The molecule has 0 aromatic heterocycles. The Balaban J connectivity index is 3.72. The fourth-order valence-corrected chi connectivity index (χ4v) is 0.414. The highest BCUT2D eigenvalue weighted by Crippen LogP contribution is 1.85. The summed E-state index contributed by atoms with van der Waals surface area (Å²) in [6.45, 7) is 3.83. The Kier molecular flexibility index (Phi) is 3.94. The molecule has 0 fully saturated rings. The van der Waals surface area contributed by atoms with E-state index in [4.69, 9.17) is 5.21 Å². The van der Waals surface area contributed by atoms with Gasteiger partial charge < -0.3 is 5.21 Å². The summed E-state index contributed by atoms with van der Waals surface area (Å²) in [5.41, 5.74) is 0.715. The molecule has 0 aliphatic carbocycles. The second-order valence-electron chi connectivity index (χ2n) is 1.44. The van der Waals surface area contributed by atoms with Crippen molar-refractivity contribution in [3.63, 3.8) is 0 Å². The van der Waals surface area contributed by atoms with Gasteiger partial charge in [0.15, 0.2) is 0 Å². The third-order valence-electron chi connectivity index (χ3n) is 0.850. The van der Waals surface area contributed by atoms with Crippen molar-refractivity contribution in [2.24, 2.45) is 5.16 Å². The molecule has 0 aromatic carbocycles. The first-order valence-electron chi connectivity index (χ1n) is 2.68. The van der Waals surface area contributed by atoms with Gasteiger partial charge in [0.1, 0.15) is 0 Å². The van der Waals surface area contributed by atoms with Crippen molar-refractivity contribution in [2.45, 2.75) is 20.3 Å². The second-order valence-corrected chi connectivity index (χ2v) is 1.44. The maximum Gasteiger partial charge on any atom is 0.0789 e. The van der Waals surface area contributed by atoms with Crippen LogP contribution in [0, 0.1) is 0 Å². The van der Waals surface area contributed by atoms with E-state index in [9.17, 15) is 0 Å². The van der Waals surface area contributed by atoms with E-state index in [1.54, 1.807) is 6.08 Å². The predicted molar refractivity (Wildman–Crippen MR) is 34.3 cm³/mol. The summed E-state index contributed by atoms with van der Waals surface area (Å²) in [7, 11) is 0. The molecule has 0 atom stereocenters. The van der Waals surface area contributed by atoms with E-state index in [0.717, 1.165) is 6.42 Å². The average Bonchev–Trinajstić information content (AvgIpc) is 1.83. The molecule has 0 spiro atoms. The largest absolute Gasteiger partial charge is 0.411 e. The van der Waals surface area contributed by atoms with Gasteiger partial charge in [-0.3, -0.25) is 0 Å². The fourth-order valence-electron chi connectivity index (χ4n) is 0.414. The zero-order valence-corrected chi connectivity index (χ0v) is 5.26. The van der Waals surface area contributed by atoms with Crippen molar-refractivity contribution in [1.82, 2.24) is 0 Å². The molecule has 0 aliphatic heterocycles. The van der Waals surface area contributed by atoms with Gasteiger partial charge >= 0.3 is 0 Å². The predicted octanol–water partition coefficient (Wildman–Crippen LogP) is 1.80. The number of rotatable bonds is 2. The summed E-state index contributed by atoms with van der Waals surface area (Å²) < 4.78 is 0. The Morgan fingerprint density at radius 1 is 1.75 bits per heavy atom. The quantitative estimate of drug-likeness (QED) is 0.330. The highest BCUT2D eigenvalue weighted by atomic mass is 16.4. The lowest BCUT2D eigenvalue weighted by Crippen LogP contribution is -1.87. The Morgan fingerprint density at radius 3 is 2.50 bits per heavy atom. The van der Waals surface area contributed by atoms with E-state index in [-0.39, 0.29) is 0 Å². The van der Waals surface area contributed by atoms with Crippen LogP contribution in [0.1, 0.15) is 20.3 Å². The molecule has 0 bridgehead atoms. The van der Waals surface area contributed by atoms with Crippen LogP contribution in [-0.4, -0.2) is 10.9 Å². The van der Waals surface area contributed by atoms with Crippen LogP contribution < -0.4 is 0 Å². The lowest BCUT2D eigenvalue weighted by atomic mass is 10.3. The number of allylic oxidation sites excluding steroid dienone is 2. The van der Waals surface area contributed by atoms with Gasteiger partial charge in [-0.1, -0.05) is 18.2 Å². The molecule has 46 valence electrons. The monoisotopic (exact) mass is 113 g/mol. The van der Waals surface area contributed by atoms with Crippen LogP contribution in [0.3, 0.4) is 0 Å². The van der Waals surface area contributed by atoms with Crippen LogP contribution in [-0.2, 0) is 0 Å². The topological polar surface area (TPSA) is 32.6 Å². The minimum Gasteiger partial charge on any atom is -0.411 e. The lowest BCUT2D eigenvalue weighted by molar-refractivity contribution is 0.318. The van der Waals surface area contributed by atoms with Crippen molar-refractivity contribution in [1.29, 1.82) is 0 Å². The molecule has 1 N–H and O–H groups in total. The second kappa shape index (κ2) is 4.37. The highest BCUT2D eigenvalue weighted by Gasteiger charge is 1.84. The van der Waals surface area contributed by atoms with Gasteiger partial charge in [-0.2, -0.15) is 0 Å². The Hall–Kier alpha value is -0.790. The Labute approximate surface area is 49.5 Å². The normalized spacial score (nSPS) is 13.0. The van der Waals surface area contributed by atoms with Crippen LogP contribution in [0.2, 0.25) is 0 Å². The van der Waals surface area contributed by atoms with Crippen LogP contribution in [0.25, 0.3) is 0 Å². The van der Waals surface area contributed by atoms with E-state index < -0.39 is 0 Å². The molecule has 0 heterocycles. The van der Waals surface area contributed by atoms with Gasteiger partial charge in [0.05, 0.1) is 5.71 Å². The van der Waals surface area contributed by atoms with Crippen molar-refractivity contribution in [2.75, 3.05) is 0 Å². The Morgan fingerprint density at radius 2 is 2.38 bits per heavy atom. The summed E-state index contributed by atoms with van der Waals surface area (Å²) in [6.07, 6.45) is 4.40. The molecule has 0 unspecified atom stereocenters. The molecule has 0 rings (SSSR count). The van der Waals surface area contributed by atoms with E-state index in [1.807, 2.05) is 19.9 Å². The van der Waals surface area contributed by atoms with Crippen molar-refractivity contribution >= 4 is 5.71 Å². The zero-order valence-electron chi connectivity index (χ0n) is 5.26. The summed E-state index contributed by atoms with van der Waals surface area (Å²) in [4.78, 5) is 0. The molecular weight excluding hydrogens is 102 g/mol. The first-order valence-corrected chi connectivity index (χ1v) is 2.68. The number of oxime groups is 1. The van der Waals surface area contributed by atoms with Crippen molar-refractivity contribution in [3.8, 4) is 0 Å². The van der Waals surface area contributed by atoms with E-state index in [2.05, 4.69) is 5.16 Å². The fraction of sp³-hybridized carbons (Fsp3) is 0.500. The lowest BCUT2D eigenvalue weighted by Gasteiger charge is -1.86. The smallest absolute Gasteiger partial charge is 0.0789 e. The maximum atomic E-state index is 8.19. The van der Waals surface area contributed by atoms with E-state index in [0.29, 0.717) is 5.71 Å². The van der Waals surface area contributed by atoms with Crippen LogP contribution in [0.15, 0.2) is 17.3 Å². The average molecular weight is 113 g/mol. The van der Waals surface area contributed by atoms with E-state index in [1.165, 1.54) is 0 Å². The summed E-state index contributed by atoms with van der Waals surface area (Å²) in [5.74, 6) is 0. The first kappa shape index (κ1) is 7.21. The molecule has 8 heavy (non-hydrogen) atoms. The molecule has 2 nitrogen and oxygen atoms in total. The molecule has 2 heteroatoms.